The molecule has 0 unspecified atom stereocenters. The van der Waals surface area contributed by atoms with Crippen molar-refractivity contribution in [2.75, 3.05) is 11.9 Å². The monoisotopic (exact) mass is 457 g/mol. The lowest BCUT2D eigenvalue weighted by Gasteiger charge is -2.49. The van der Waals surface area contributed by atoms with E-state index in [-0.39, 0.29) is 34.7 Å². The average molecular weight is 458 g/mol. The van der Waals surface area contributed by atoms with Gasteiger partial charge in [0.15, 0.2) is 11.2 Å². The van der Waals surface area contributed by atoms with Gasteiger partial charge in [0.05, 0.1) is 11.2 Å². The maximum Gasteiger partial charge on any atom is 0.189 e. The molecule has 1 aromatic carbocycles. The molecule has 32 heavy (non-hydrogen) atoms. The maximum atomic E-state index is 12.1. The first-order chi connectivity index (χ1) is 14.5. The van der Waals surface area contributed by atoms with E-state index in [4.69, 9.17) is 0 Å². The Hall–Kier alpha value is -2.64. The van der Waals surface area contributed by atoms with Crippen molar-refractivity contribution in [3.05, 3.63) is 46.8 Å². The highest BCUT2D eigenvalue weighted by Crippen LogP contribution is 2.34. The average Bonchev–Trinajstić information content (AvgIpc) is 2.68. The zero-order chi connectivity index (χ0) is 22.6. The van der Waals surface area contributed by atoms with Gasteiger partial charge in [-0.3, -0.25) is 4.79 Å². The highest BCUT2D eigenvalue weighted by Gasteiger charge is 2.39. The first-order valence-corrected chi connectivity index (χ1v) is 10.6. The Morgan fingerprint density at radius 3 is 2.34 bits per heavy atom. The van der Waals surface area contributed by atoms with Crippen molar-refractivity contribution < 1.29 is 5.11 Å². The van der Waals surface area contributed by atoms with Crippen LogP contribution in [0.2, 0.25) is 0 Å². The number of benzene rings is 1. The topological polar surface area (TPSA) is 83.3 Å². The predicted molar refractivity (Wildman–Crippen MR) is 132 cm³/mol. The lowest BCUT2D eigenvalue weighted by atomic mass is 9.79. The fourth-order valence-electron chi connectivity index (χ4n) is 5.01. The van der Waals surface area contributed by atoms with Crippen molar-refractivity contribution in [2.45, 2.75) is 57.7 Å². The van der Waals surface area contributed by atoms with Crippen LogP contribution in [0.25, 0.3) is 22.2 Å². The molecular weight excluding hydrogens is 426 g/mol. The van der Waals surface area contributed by atoms with Crippen molar-refractivity contribution in [1.82, 2.24) is 20.1 Å². The molecule has 0 saturated carbocycles. The number of piperidine rings is 1. The smallest absolute Gasteiger partial charge is 0.189 e. The normalized spacial score (nSPS) is 17.7. The molecule has 1 saturated heterocycles. The van der Waals surface area contributed by atoms with Crippen LogP contribution in [-0.4, -0.2) is 44.0 Å². The van der Waals surface area contributed by atoms with Gasteiger partial charge in [0.1, 0.15) is 5.75 Å². The number of aromatic nitrogens is 3. The molecule has 0 atom stereocenters. The molecule has 7 nitrogen and oxygen atoms in total. The Labute approximate surface area is 194 Å². The molecule has 2 N–H and O–H groups in total. The van der Waals surface area contributed by atoms with Gasteiger partial charge in [-0.15, -0.1) is 22.6 Å². The Morgan fingerprint density at radius 1 is 1.09 bits per heavy atom. The molecule has 0 spiro atoms. The molecular formula is C24H32ClN5O2. The third kappa shape index (κ3) is 4.59. The van der Waals surface area contributed by atoms with Crippen LogP contribution in [0.5, 0.6) is 5.75 Å². The van der Waals surface area contributed by atoms with Crippen molar-refractivity contribution in [1.29, 1.82) is 0 Å². The van der Waals surface area contributed by atoms with E-state index in [1.54, 1.807) is 12.3 Å². The molecule has 2 aromatic heterocycles. The lowest BCUT2D eigenvalue weighted by Crippen LogP contribution is -2.62. The van der Waals surface area contributed by atoms with Crippen LogP contribution in [0.15, 0.2) is 41.3 Å². The van der Waals surface area contributed by atoms with E-state index in [1.165, 1.54) is 12.1 Å². The fraction of sp³-hybridized carbons (Fsp3) is 0.458. The summed E-state index contributed by atoms with van der Waals surface area (Å²) in [4.78, 5) is 14.3. The molecule has 0 amide bonds. The molecule has 0 radical (unpaired) electrons. The van der Waals surface area contributed by atoms with Gasteiger partial charge in [0, 0.05) is 54.4 Å². The fourth-order valence-corrected chi connectivity index (χ4v) is 5.01. The van der Waals surface area contributed by atoms with E-state index < -0.39 is 0 Å². The molecule has 3 heterocycles. The lowest BCUT2D eigenvalue weighted by molar-refractivity contribution is 0.160. The molecule has 1 aliphatic rings. The van der Waals surface area contributed by atoms with E-state index in [0.717, 1.165) is 24.2 Å². The summed E-state index contributed by atoms with van der Waals surface area (Å²) in [6.45, 7) is 8.94. The summed E-state index contributed by atoms with van der Waals surface area (Å²) in [6.07, 6.45) is 3.74. The van der Waals surface area contributed by atoms with E-state index in [9.17, 15) is 9.90 Å². The van der Waals surface area contributed by atoms with Gasteiger partial charge >= 0.3 is 0 Å². The van der Waals surface area contributed by atoms with Crippen LogP contribution in [-0.2, 0) is 7.05 Å². The van der Waals surface area contributed by atoms with Crippen molar-refractivity contribution in [3.63, 3.8) is 0 Å². The molecule has 4 rings (SSSR count). The minimum Gasteiger partial charge on any atom is -0.507 e. The third-order valence-corrected chi connectivity index (χ3v) is 6.21. The van der Waals surface area contributed by atoms with Crippen LogP contribution in [0.1, 0.15) is 40.5 Å². The molecule has 172 valence electrons. The summed E-state index contributed by atoms with van der Waals surface area (Å²) >= 11 is 0. The van der Waals surface area contributed by atoms with Gasteiger partial charge in [-0.05, 0) is 64.8 Å². The SMILES string of the molecule is CN(c1ccc(-c2cc3c(cc2O)c(=O)ccn3C)nn1)C1CC(C)(C)NC(C)(C)C1.Cl. The summed E-state index contributed by atoms with van der Waals surface area (Å²) in [7, 11) is 3.93. The third-order valence-electron chi connectivity index (χ3n) is 6.21. The number of aryl methyl sites for hydroxylation is 1. The summed E-state index contributed by atoms with van der Waals surface area (Å²) < 4.78 is 1.86. The van der Waals surface area contributed by atoms with Crippen molar-refractivity contribution in [3.8, 4) is 17.0 Å². The summed E-state index contributed by atoms with van der Waals surface area (Å²) in [5.74, 6) is 0.822. The van der Waals surface area contributed by atoms with Gasteiger partial charge in [0.2, 0.25) is 0 Å². The van der Waals surface area contributed by atoms with Gasteiger partial charge < -0.3 is 19.9 Å². The van der Waals surface area contributed by atoms with Crippen LogP contribution in [0, 0.1) is 0 Å². The first kappa shape index (κ1) is 24.0. The number of hydrogen-bond donors (Lipinski definition) is 2. The number of phenolic OH excluding ortho intramolecular Hbond substituents is 1. The second kappa shape index (κ2) is 8.37. The number of hydrogen-bond acceptors (Lipinski definition) is 6. The number of phenols is 1. The number of halogens is 1. The van der Waals surface area contributed by atoms with Gasteiger partial charge in [-0.2, -0.15) is 0 Å². The number of nitrogens with zero attached hydrogens (tertiary/aromatic N) is 4. The molecule has 0 bridgehead atoms. The second-order valence-corrected chi connectivity index (χ2v) is 10.0. The molecule has 1 fully saturated rings. The van der Waals surface area contributed by atoms with Gasteiger partial charge in [-0.1, -0.05) is 0 Å². The van der Waals surface area contributed by atoms with Gasteiger partial charge in [0.25, 0.3) is 0 Å². The van der Waals surface area contributed by atoms with E-state index in [1.807, 2.05) is 23.7 Å². The highest BCUT2D eigenvalue weighted by atomic mass is 35.5. The number of rotatable bonds is 3. The van der Waals surface area contributed by atoms with E-state index in [0.29, 0.717) is 22.7 Å². The van der Waals surface area contributed by atoms with Crippen LogP contribution < -0.4 is 15.6 Å². The summed E-state index contributed by atoms with van der Waals surface area (Å²) in [6, 6.07) is 8.95. The van der Waals surface area contributed by atoms with Crippen molar-refractivity contribution in [2.24, 2.45) is 7.05 Å². The maximum absolute atomic E-state index is 12.1. The largest absolute Gasteiger partial charge is 0.507 e. The van der Waals surface area contributed by atoms with E-state index in [2.05, 4.69) is 55.2 Å². The zero-order valence-electron chi connectivity index (χ0n) is 19.5. The number of aromatic hydroxyl groups is 1. The predicted octanol–water partition coefficient (Wildman–Crippen LogP) is 3.87. The quantitative estimate of drug-likeness (QED) is 0.621. The molecule has 3 aromatic rings. The summed E-state index contributed by atoms with van der Waals surface area (Å²) in [5.41, 5.74) is 1.83. The standard InChI is InChI=1S/C24H31N5O2.ClH/c1-23(2)13-15(14-24(3,4)27-23)29(6)22-8-7-18(25-26-22)16-11-19-17(12-21(16)31)20(30)9-10-28(19)5;/h7-12,15,27,31H,13-14H2,1-6H3;1H. The number of pyridine rings is 1. The van der Waals surface area contributed by atoms with Gasteiger partial charge in [-0.25, -0.2) is 0 Å². The van der Waals surface area contributed by atoms with Crippen LogP contribution in [0.3, 0.4) is 0 Å². The Balaban J connectivity index is 0.00000289. The number of nitrogens with one attached hydrogen (secondary N) is 1. The second-order valence-electron chi connectivity index (χ2n) is 10.0. The minimum atomic E-state index is -0.120. The number of fused-ring (bicyclic) bond motifs is 1. The van der Waals surface area contributed by atoms with Crippen LogP contribution >= 0.6 is 12.4 Å². The Bertz CT molecular complexity index is 1170. The molecule has 1 aliphatic heterocycles. The van der Waals surface area contributed by atoms with Crippen molar-refractivity contribution >= 4 is 29.1 Å². The molecule has 0 aliphatic carbocycles. The highest BCUT2D eigenvalue weighted by molar-refractivity contribution is 5.87. The first-order valence-electron chi connectivity index (χ1n) is 10.6. The Morgan fingerprint density at radius 2 is 1.75 bits per heavy atom. The van der Waals surface area contributed by atoms with Crippen LogP contribution in [0.4, 0.5) is 5.82 Å². The van der Waals surface area contributed by atoms with E-state index >= 15 is 0 Å². The number of anilines is 1. The Kier molecular flexibility index (Phi) is 6.28. The zero-order valence-corrected chi connectivity index (χ0v) is 20.3. The molecule has 8 heteroatoms. The summed E-state index contributed by atoms with van der Waals surface area (Å²) in [5, 5.41) is 23.6. The minimum absolute atomic E-state index is 0.